The van der Waals surface area contributed by atoms with Gasteiger partial charge in [-0.15, -0.1) is 0 Å². The van der Waals surface area contributed by atoms with Gasteiger partial charge in [-0.25, -0.2) is 0 Å². The Morgan fingerprint density at radius 2 is 2.00 bits per heavy atom. The Hall–Kier alpha value is -2.90. The number of ether oxygens (including phenoxy) is 1. The van der Waals surface area contributed by atoms with Crippen LogP contribution in [0.15, 0.2) is 42.0 Å². The fourth-order valence-corrected chi connectivity index (χ4v) is 3.11. The molecular formula is C19H15ClN2O4S. The third-order valence-corrected chi connectivity index (χ3v) is 4.79. The monoisotopic (exact) mass is 402 g/mol. The number of phenolic OH excluding ortho intramolecular Hbond substituents is 1. The van der Waals surface area contributed by atoms with Crippen LogP contribution in [-0.4, -0.2) is 29.1 Å². The molecule has 0 atom stereocenters. The number of phenols is 1. The predicted molar refractivity (Wildman–Crippen MR) is 107 cm³/mol. The van der Waals surface area contributed by atoms with Gasteiger partial charge in [0.1, 0.15) is 5.57 Å². The Labute approximate surface area is 166 Å². The highest BCUT2D eigenvalue weighted by Crippen LogP contribution is 2.31. The zero-order chi connectivity index (χ0) is 19.7. The van der Waals surface area contributed by atoms with Crippen LogP contribution < -0.4 is 15.0 Å². The molecule has 138 valence electrons. The maximum Gasteiger partial charge on any atom is 0.270 e. The number of halogens is 1. The minimum Gasteiger partial charge on any atom is -0.504 e. The lowest BCUT2D eigenvalue weighted by atomic mass is 10.1. The number of carbonyl (C=O) groups is 2. The molecule has 0 aromatic heterocycles. The Kier molecular flexibility index (Phi) is 5.16. The van der Waals surface area contributed by atoms with Crippen molar-refractivity contribution in [3.05, 3.63) is 58.1 Å². The zero-order valence-corrected chi connectivity index (χ0v) is 16.0. The van der Waals surface area contributed by atoms with E-state index in [4.69, 9.17) is 28.6 Å². The van der Waals surface area contributed by atoms with Crippen LogP contribution in [0.2, 0.25) is 5.02 Å². The van der Waals surface area contributed by atoms with Crippen molar-refractivity contribution in [2.75, 3.05) is 12.0 Å². The first kappa shape index (κ1) is 18.9. The summed E-state index contributed by atoms with van der Waals surface area (Å²) in [6, 6.07) is 9.60. The van der Waals surface area contributed by atoms with Crippen molar-refractivity contribution in [3.8, 4) is 11.5 Å². The first-order valence-electron chi connectivity index (χ1n) is 7.87. The van der Waals surface area contributed by atoms with E-state index in [2.05, 4.69) is 5.32 Å². The Morgan fingerprint density at radius 1 is 1.26 bits per heavy atom. The number of carbonyl (C=O) groups excluding carboxylic acids is 2. The van der Waals surface area contributed by atoms with Gasteiger partial charge in [0.2, 0.25) is 0 Å². The fourth-order valence-electron chi connectivity index (χ4n) is 2.67. The predicted octanol–water partition coefficient (Wildman–Crippen LogP) is 3.19. The molecule has 0 saturated carbocycles. The van der Waals surface area contributed by atoms with E-state index in [1.807, 2.05) is 0 Å². The lowest BCUT2D eigenvalue weighted by molar-refractivity contribution is -0.122. The molecule has 2 N–H and O–H groups in total. The van der Waals surface area contributed by atoms with E-state index in [9.17, 15) is 14.7 Å². The second-order valence-corrected chi connectivity index (χ2v) is 6.57. The molecule has 1 aliphatic rings. The van der Waals surface area contributed by atoms with Crippen molar-refractivity contribution < 1.29 is 19.4 Å². The maximum absolute atomic E-state index is 13.0. The summed E-state index contributed by atoms with van der Waals surface area (Å²) < 4.78 is 5.05. The Balaban J connectivity index is 2.06. The molecule has 2 aromatic carbocycles. The lowest BCUT2D eigenvalue weighted by Crippen LogP contribution is -2.54. The molecule has 1 aliphatic heterocycles. The smallest absolute Gasteiger partial charge is 0.270 e. The summed E-state index contributed by atoms with van der Waals surface area (Å²) in [5.41, 5.74) is 1.57. The number of hydrogen-bond acceptors (Lipinski definition) is 5. The first-order chi connectivity index (χ1) is 12.8. The highest BCUT2D eigenvalue weighted by Gasteiger charge is 2.35. The highest BCUT2D eigenvalue weighted by atomic mass is 35.5. The van der Waals surface area contributed by atoms with Gasteiger partial charge in [0.05, 0.1) is 12.8 Å². The van der Waals surface area contributed by atoms with E-state index in [-0.39, 0.29) is 22.2 Å². The van der Waals surface area contributed by atoms with Crippen LogP contribution in [0.3, 0.4) is 0 Å². The van der Waals surface area contributed by atoms with Gasteiger partial charge in [0, 0.05) is 5.02 Å². The summed E-state index contributed by atoms with van der Waals surface area (Å²) in [6.45, 7) is 1.76. The molecule has 1 fully saturated rings. The van der Waals surface area contributed by atoms with Crippen LogP contribution in [0.1, 0.15) is 11.1 Å². The Morgan fingerprint density at radius 3 is 2.70 bits per heavy atom. The molecule has 0 aliphatic carbocycles. The van der Waals surface area contributed by atoms with Gasteiger partial charge in [-0.05, 0) is 60.6 Å². The van der Waals surface area contributed by atoms with E-state index in [0.29, 0.717) is 21.8 Å². The van der Waals surface area contributed by atoms with Crippen molar-refractivity contribution in [2.24, 2.45) is 0 Å². The van der Waals surface area contributed by atoms with Gasteiger partial charge in [0.15, 0.2) is 16.6 Å². The van der Waals surface area contributed by atoms with E-state index in [0.717, 1.165) is 0 Å². The van der Waals surface area contributed by atoms with Gasteiger partial charge in [-0.2, -0.15) is 0 Å². The average molecular weight is 403 g/mol. The van der Waals surface area contributed by atoms with Crippen LogP contribution in [0.5, 0.6) is 11.5 Å². The number of nitrogens with one attached hydrogen (secondary N) is 1. The fraction of sp³-hybridized carbons (Fsp3) is 0.105. The molecule has 0 unspecified atom stereocenters. The molecule has 1 saturated heterocycles. The van der Waals surface area contributed by atoms with Gasteiger partial charge in [-0.1, -0.05) is 23.7 Å². The normalized spacial score (nSPS) is 15.9. The van der Waals surface area contributed by atoms with Crippen LogP contribution in [-0.2, 0) is 9.59 Å². The van der Waals surface area contributed by atoms with Crippen molar-refractivity contribution in [3.63, 3.8) is 0 Å². The average Bonchev–Trinajstić information content (AvgIpc) is 2.63. The molecule has 1 heterocycles. The number of rotatable bonds is 3. The second kappa shape index (κ2) is 7.38. The molecular weight excluding hydrogens is 388 g/mol. The third-order valence-electron chi connectivity index (χ3n) is 4.10. The minimum absolute atomic E-state index is 0.0178. The third kappa shape index (κ3) is 3.51. The molecule has 0 bridgehead atoms. The van der Waals surface area contributed by atoms with Gasteiger partial charge in [-0.3, -0.25) is 19.8 Å². The van der Waals surface area contributed by atoms with E-state index >= 15 is 0 Å². The molecule has 0 radical (unpaired) electrons. The number of benzene rings is 2. The SMILES string of the molecule is COc1cc(/C=C2\C(=O)NC(=S)N(c3cccc(Cl)c3C)C2=O)ccc1O. The second-order valence-electron chi connectivity index (χ2n) is 5.77. The van der Waals surface area contributed by atoms with Crippen LogP contribution >= 0.6 is 23.8 Å². The van der Waals surface area contributed by atoms with E-state index < -0.39 is 11.8 Å². The van der Waals surface area contributed by atoms with E-state index in [1.165, 1.54) is 30.2 Å². The molecule has 3 rings (SSSR count). The van der Waals surface area contributed by atoms with Crippen molar-refractivity contribution in [1.29, 1.82) is 0 Å². The molecule has 2 aromatic rings. The molecule has 27 heavy (non-hydrogen) atoms. The minimum atomic E-state index is -0.604. The van der Waals surface area contributed by atoms with Crippen LogP contribution in [0, 0.1) is 6.92 Å². The molecule has 0 spiro atoms. The molecule has 8 heteroatoms. The lowest BCUT2D eigenvalue weighted by Gasteiger charge is -2.30. The van der Waals surface area contributed by atoms with Crippen molar-refractivity contribution >= 4 is 52.5 Å². The van der Waals surface area contributed by atoms with Crippen LogP contribution in [0.4, 0.5) is 5.69 Å². The molecule has 6 nitrogen and oxygen atoms in total. The summed E-state index contributed by atoms with van der Waals surface area (Å²) in [6.07, 6.45) is 1.41. The number of aromatic hydroxyl groups is 1. The number of amides is 2. The standard InChI is InChI=1S/C19H15ClN2O4S/c1-10-13(20)4-3-5-14(10)22-18(25)12(17(24)21-19(22)27)8-11-6-7-15(23)16(9-11)26-2/h3-9,23H,1-2H3,(H,21,24,27)/b12-8+. The van der Waals surface area contributed by atoms with Crippen molar-refractivity contribution in [2.45, 2.75) is 6.92 Å². The number of nitrogens with zero attached hydrogens (tertiary/aromatic N) is 1. The zero-order valence-electron chi connectivity index (χ0n) is 14.4. The highest BCUT2D eigenvalue weighted by molar-refractivity contribution is 7.80. The summed E-state index contributed by atoms with van der Waals surface area (Å²) in [5, 5.41) is 12.7. The molecule has 2 amide bonds. The number of thiocarbonyl (C=S) groups is 1. The Bertz CT molecular complexity index is 1000. The largest absolute Gasteiger partial charge is 0.504 e. The van der Waals surface area contributed by atoms with E-state index in [1.54, 1.807) is 31.2 Å². The summed E-state index contributed by atoms with van der Waals surface area (Å²) in [7, 11) is 1.41. The number of hydrogen-bond donors (Lipinski definition) is 2. The maximum atomic E-state index is 13.0. The summed E-state index contributed by atoms with van der Waals surface area (Å²) in [4.78, 5) is 26.6. The number of methoxy groups -OCH3 is 1. The topological polar surface area (TPSA) is 78.9 Å². The van der Waals surface area contributed by atoms with Gasteiger partial charge >= 0.3 is 0 Å². The summed E-state index contributed by atoms with van der Waals surface area (Å²) >= 11 is 11.3. The van der Waals surface area contributed by atoms with Gasteiger partial charge in [0.25, 0.3) is 11.8 Å². The quantitative estimate of drug-likeness (QED) is 0.468. The van der Waals surface area contributed by atoms with Crippen molar-refractivity contribution in [1.82, 2.24) is 5.32 Å². The van der Waals surface area contributed by atoms with Crippen LogP contribution in [0.25, 0.3) is 6.08 Å². The number of anilines is 1. The summed E-state index contributed by atoms with van der Waals surface area (Å²) in [5.74, 6) is -0.989. The van der Waals surface area contributed by atoms with Gasteiger partial charge < -0.3 is 9.84 Å². The first-order valence-corrected chi connectivity index (χ1v) is 8.65.